The second-order valence-electron chi connectivity index (χ2n) is 8.02. The van der Waals surface area contributed by atoms with Crippen LogP contribution in [0.2, 0.25) is 0 Å². The fourth-order valence-electron chi connectivity index (χ4n) is 3.01. The van der Waals surface area contributed by atoms with Gasteiger partial charge in [-0.1, -0.05) is 57.1 Å². The molecule has 0 aromatic carbocycles. The number of hydrogen-bond acceptors (Lipinski definition) is 6. The highest BCUT2D eigenvalue weighted by Crippen LogP contribution is 2.35. The summed E-state index contributed by atoms with van der Waals surface area (Å²) in [5.74, 6) is -0.947. The molecule has 0 aromatic heterocycles. The third-order valence-electron chi connectivity index (χ3n) is 4.83. The molecular formula is C24H43O8P-2. The van der Waals surface area contributed by atoms with E-state index in [-0.39, 0.29) is 19.4 Å². The molecule has 0 radical (unpaired) electrons. The van der Waals surface area contributed by atoms with E-state index in [9.17, 15) is 14.2 Å². The average Bonchev–Trinajstić information content (AvgIpc) is 2.76. The molecule has 0 amide bonds. The van der Waals surface area contributed by atoms with Gasteiger partial charge in [-0.25, -0.2) is 4.57 Å². The van der Waals surface area contributed by atoms with E-state index in [0.717, 1.165) is 70.6 Å². The molecule has 8 nitrogen and oxygen atoms in total. The van der Waals surface area contributed by atoms with Crippen LogP contribution in [0.25, 0.3) is 0 Å². The van der Waals surface area contributed by atoms with Gasteiger partial charge in [-0.15, -0.1) is 0 Å². The first-order chi connectivity index (χ1) is 15.8. The maximum Gasteiger partial charge on any atom is 0.469 e. The lowest BCUT2D eigenvalue weighted by molar-refractivity contribution is -0.161. The minimum Gasteiger partial charge on any atom is -0.462 e. The molecule has 0 saturated carbocycles. The van der Waals surface area contributed by atoms with Crippen molar-refractivity contribution >= 4 is 19.8 Å². The van der Waals surface area contributed by atoms with Crippen molar-refractivity contribution < 1.29 is 37.9 Å². The van der Waals surface area contributed by atoms with E-state index in [1.54, 1.807) is 0 Å². The number of esters is 2. The highest BCUT2D eigenvalue weighted by atomic mass is 31.2. The van der Waals surface area contributed by atoms with E-state index in [0.29, 0.717) is 12.8 Å². The van der Waals surface area contributed by atoms with Gasteiger partial charge in [0.05, 0.1) is 6.61 Å². The largest absolute Gasteiger partial charge is 0.469 e. The number of hydrogen-bond donors (Lipinski definition) is 2. The van der Waals surface area contributed by atoms with Gasteiger partial charge in [-0.3, -0.25) is 14.1 Å². The SMILES string of the molecule is [CH2-]CC/C=C\CCCCCCCC(=O)O[C@H](COC(=O)CCCCCC[CH2-])COP(=O)(O)O. The molecule has 0 spiro atoms. The van der Waals surface area contributed by atoms with Gasteiger partial charge in [-0.2, -0.15) is 12.8 Å². The van der Waals surface area contributed by atoms with Gasteiger partial charge < -0.3 is 33.1 Å². The van der Waals surface area contributed by atoms with Crippen molar-refractivity contribution in [2.75, 3.05) is 13.2 Å². The third kappa shape index (κ3) is 23.7. The summed E-state index contributed by atoms with van der Waals surface area (Å²) in [7, 11) is -4.73. The molecule has 1 atom stereocenters. The Bertz CT molecular complexity index is 573. The summed E-state index contributed by atoms with van der Waals surface area (Å²) < 4.78 is 25.8. The lowest BCUT2D eigenvalue weighted by Crippen LogP contribution is -2.29. The molecule has 0 fully saturated rings. The van der Waals surface area contributed by atoms with E-state index in [1.165, 1.54) is 0 Å². The van der Waals surface area contributed by atoms with Crippen molar-refractivity contribution in [3.8, 4) is 0 Å². The minimum atomic E-state index is -4.73. The number of allylic oxidation sites excluding steroid dienone is 2. The monoisotopic (exact) mass is 490 g/mol. The second kappa shape index (κ2) is 21.3. The Morgan fingerprint density at radius 1 is 0.758 bits per heavy atom. The van der Waals surface area contributed by atoms with Crippen molar-refractivity contribution in [2.45, 2.75) is 102 Å². The summed E-state index contributed by atoms with van der Waals surface area (Å²) in [4.78, 5) is 41.8. The quantitative estimate of drug-likeness (QED) is 0.0659. The van der Waals surface area contributed by atoms with E-state index < -0.39 is 32.5 Å². The lowest BCUT2D eigenvalue weighted by Gasteiger charge is -2.18. The Labute approximate surface area is 199 Å². The Kier molecular flexibility index (Phi) is 20.5. The first-order valence-corrected chi connectivity index (χ1v) is 13.6. The van der Waals surface area contributed by atoms with Crippen LogP contribution in [0.5, 0.6) is 0 Å². The van der Waals surface area contributed by atoms with Gasteiger partial charge in [0.2, 0.25) is 0 Å². The van der Waals surface area contributed by atoms with E-state index in [2.05, 4.69) is 30.5 Å². The molecule has 0 aliphatic heterocycles. The number of ether oxygens (including phenoxy) is 2. The Balaban J connectivity index is 4.15. The predicted octanol–water partition coefficient (Wildman–Crippen LogP) is 5.63. The molecule has 0 heterocycles. The van der Waals surface area contributed by atoms with Crippen LogP contribution in [-0.2, 0) is 28.2 Å². The highest BCUT2D eigenvalue weighted by molar-refractivity contribution is 7.46. The fraction of sp³-hybridized carbons (Fsp3) is 0.750. The molecule has 0 aliphatic carbocycles. The average molecular weight is 491 g/mol. The zero-order valence-electron chi connectivity index (χ0n) is 20.0. The lowest BCUT2D eigenvalue weighted by atomic mass is 10.1. The maximum atomic E-state index is 12.1. The number of phosphoric acid groups is 1. The molecule has 0 saturated heterocycles. The zero-order valence-corrected chi connectivity index (χ0v) is 20.9. The number of carbonyl (C=O) groups excluding carboxylic acids is 2. The van der Waals surface area contributed by atoms with Crippen molar-refractivity contribution in [1.29, 1.82) is 0 Å². The Morgan fingerprint density at radius 3 is 1.97 bits per heavy atom. The van der Waals surface area contributed by atoms with Crippen LogP contribution in [0.15, 0.2) is 12.2 Å². The highest BCUT2D eigenvalue weighted by Gasteiger charge is 2.22. The molecule has 0 bridgehead atoms. The first kappa shape index (κ1) is 31.8. The van der Waals surface area contributed by atoms with Crippen LogP contribution in [0.3, 0.4) is 0 Å². The topological polar surface area (TPSA) is 119 Å². The second-order valence-corrected chi connectivity index (χ2v) is 9.26. The van der Waals surface area contributed by atoms with Crippen LogP contribution >= 0.6 is 7.82 Å². The molecule has 0 rings (SSSR count). The zero-order chi connectivity index (χ0) is 24.8. The van der Waals surface area contributed by atoms with Gasteiger partial charge in [-0.05, 0) is 25.7 Å². The van der Waals surface area contributed by atoms with Gasteiger partial charge in [0, 0.05) is 12.8 Å². The first-order valence-electron chi connectivity index (χ1n) is 12.1. The van der Waals surface area contributed by atoms with Gasteiger partial charge in [0.1, 0.15) is 6.61 Å². The smallest absolute Gasteiger partial charge is 0.462 e. The van der Waals surface area contributed by atoms with Crippen LogP contribution in [0.1, 0.15) is 96.3 Å². The van der Waals surface area contributed by atoms with Gasteiger partial charge in [0.25, 0.3) is 0 Å². The maximum absolute atomic E-state index is 12.1. The van der Waals surface area contributed by atoms with E-state index in [1.807, 2.05) is 0 Å². The fourth-order valence-corrected chi connectivity index (χ4v) is 3.37. The third-order valence-corrected chi connectivity index (χ3v) is 5.31. The van der Waals surface area contributed by atoms with Crippen LogP contribution < -0.4 is 0 Å². The predicted molar refractivity (Wildman–Crippen MR) is 128 cm³/mol. The van der Waals surface area contributed by atoms with Gasteiger partial charge >= 0.3 is 19.8 Å². The number of phosphoric ester groups is 1. The molecule has 2 N–H and O–H groups in total. The van der Waals surface area contributed by atoms with Crippen LogP contribution in [0, 0.1) is 13.8 Å². The molecule has 0 unspecified atom stereocenters. The van der Waals surface area contributed by atoms with Gasteiger partial charge in [0.15, 0.2) is 6.10 Å². The number of rotatable bonds is 22. The summed E-state index contributed by atoms with van der Waals surface area (Å²) in [6, 6.07) is 0. The summed E-state index contributed by atoms with van der Waals surface area (Å²) >= 11 is 0. The minimum absolute atomic E-state index is 0.191. The molecule has 194 valence electrons. The normalized spacial score (nSPS) is 12.7. The van der Waals surface area contributed by atoms with Crippen LogP contribution in [0.4, 0.5) is 0 Å². The van der Waals surface area contributed by atoms with E-state index >= 15 is 0 Å². The van der Waals surface area contributed by atoms with E-state index in [4.69, 9.17) is 19.3 Å². The molecule has 0 aliphatic rings. The molecule has 9 heteroatoms. The number of unbranched alkanes of at least 4 members (excludes halogenated alkanes) is 10. The number of carbonyl (C=O) groups is 2. The molecular weight excluding hydrogens is 447 g/mol. The van der Waals surface area contributed by atoms with Crippen molar-refractivity contribution in [3.05, 3.63) is 26.0 Å². The summed E-state index contributed by atoms with van der Waals surface area (Å²) in [5, 5.41) is 0. The summed E-state index contributed by atoms with van der Waals surface area (Å²) in [5.41, 5.74) is 0. The van der Waals surface area contributed by atoms with Crippen LogP contribution in [-0.4, -0.2) is 41.0 Å². The standard InChI is InChI=1S/C24H43O8P/c1-3-5-7-9-10-11-12-13-15-17-19-24(26)32-22(21-31-33(27,28)29)20-30-23(25)18-16-14-8-6-4-2/h7,9,22H,1-6,8,10-21H2,(H2,27,28,29)/q-2/b9-7-/t22-/m1/s1. The van der Waals surface area contributed by atoms with Crippen molar-refractivity contribution in [2.24, 2.45) is 0 Å². The Hall–Kier alpha value is -1.21. The van der Waals surface area contributed by atoms with Crippen molar-refractivity contribution in [3.63, 3.8) is 0 Å². The van der Waals surface area contributed by atoms with Crippen molar-refractivity contribution in [1.82, 2.24) is 0 Å². The summed E-state index contributed by atoms with van der Waals surface area (Å²) in [6.07, 6.45) is 15.9. The Morgan fingerprint density at radius 2 is 1.33 bits per heavy atom. The molecule has 33 heavy (non-hydrogen) atoms. The summed E-state index contributed by atoms with van der Waals surface area (Å²) in [6.45, 7) is 6.71. The molecule has 0 aromatic rings.